The van der Waals surface area contributed by atoms with E-state index in [4.69, 9.17) is 0 Å². The van der Waals surface area contributed by atoms with Gasteiger partial charge in [-0.1, -0.05) is 0 Å². The second-order valence-corrected chi connectivity index (χ2v) is 8.08. The van der Waals surface area contributed by atoms with Gasteiger partial charge in [0, 0.05) is 17.1 Å². The highest BCUT2D eigenvalue weighted by Crippen LogP contribution is 2.27. The third-order valence-corrected chi connectivity index (χ3v) is 3.69. The molecule has 108 valence electrons. The lowest BCUT2D eigenvalue weighted by Crippen LogP contribution is -2.45. The van der Waals surface area contributed by atoms with Gasteiger partial charge in [0.15, 0.2) is 0 Å². The number of hydrogen-bond donors (Lipinski definition) is 2. The molecule has 0 bridgehead atoms. The predicted octanol–water partition coefficient (Wildman–Crippen LogP) is 3.71. The van der Waals surface area contributed by atoms with Crippen LogP contribution in [-0.2, 0) is 0 Å². The molecule has 1 rings (SSSR count). The lowest BCUT2D eigenvalue weighted by atomic mass is 9.83. The predicted molar refractivity (Wildman–Crippen MR) is 81.0 cm³/mol. The van der Waals surface area contributed by atoms with Crippen molar-refractivity contribution in [2.75, 3.05) is 6.54 Å². The van der Waals surface area contributed by atoms with E-state index in [1.165, 1.54) is 38.6 Å². The van der Waals surface area contributed by atoms with Crippen LogP contribution in [0.3, 0.4) is 0 Å². The van der Waals surface area contributed by atoms with Gasteiger partial charge in [0.05, 0.1) is 0 Å². The van der Waals surface area contributed by atoms with Gasteiger partial charge in [-0.25, -0.2) is 0 Å². The van der Waals surface area contributed by atoms with E-state index < -0.39 is 0 Å². The van der Waals surface area contributed by atoms with E-state index in [9.17, 15) is 0 Å². The third kappa shape index (κ3) is 7.38. The molecule has 2 nitrogen and oxygen atoms in total. The summed E-state index contributed by atoms with van der Waals surface area (Å²) in [6.45, 7) is 14.7. The van der Waals surface area contributed by atoms with Crippen LogP contribution in [0.1, 0.15) is 73.6 Å². The first-order valence-corrected chi connectivity index (χ1v) is 7.68. The Bertz CT molecular complexity index is 226. The van der Waals surface area contributed by atoms with Crippen LogP contribution in [0.2, 0.25) is 0 Å². The van der Waals surface area contributed by atoms with Crippen molar-refractivity contribution in [2.45, 2.75) is 90.8 Å². The largest absolute Gasteiger partial charge is 0.312 e. The molecule has 0 aromatic carbocycles. The Morgan fingerprint density at radius 1 is 0.833 bits per heavy atom. The van der Waals surface area contributed by atoms with Gasteiger partial charge in [0.2, 0.25) is 0 Å². The molecule has 2 heteroatoms. The summed E-state index contributed by atoms with van der Waals surface area (Å²) in [5, 5.41) is 7.35. The van der Waals surface area contributed by atoms with Gasteiger partial charge in [-0.15, -0.1) is 0 Å². The van der Waals surface area contributed by atoms with Crippen LogP contribution in [-0.4, -0.2) is 23.7 Å². The Balaban J connectivity index is 2.16. The monoisotopic (exact) mass is 254 g/mol. The van der Waals surface area contributed by atoms with Gasteiger partial charge in [0.25, 0.3) is 0 Å². The van der Waals surface area contributed by atoms with E-state index in [0.29, 0.717) is 0 Å². The Labute approximate surface area is 114 Å². The molecule has 18 heavy (non-hydrogen) atoms. The highest BCUT2D eigenvalue weighted by Gasteiger charge is 2.24. The normalized spacial score (nSPS) is 26.3. The second-order valence-electron chi connectivity index (χ2n) is 8.08. The topological polar surface area (TPSA) is 24.1 Å². The van der Waals surface area contributed by atoms with Crippen LogP contribution in [0.4, 0.5) is 0 Å². The molecule has 0 atom stereocenters. The van der Waals surface area contributed by atoms with Crippen LogP contribution in [0.15, 0.2) is 0 Å². The van der Waals surface area contributed by atoms with Crippen molar-refractivity contribution in [3.8, 4) is 0 Å². The van der Waals surface area contributed by atoms with Gasteiger partial charge in [-0.2, -0.15) is 0 Å². The Morgan fingerprint density at radius 3 is 1.83 bits per heavy atom. The highest BCUT2D eigenvalue weighted by atomic mass is 15.0. The lowest BCUT2D eigenvalue weighted by molar-refractivity contribution is 0.238. The van der Waals surface area contributed by atoms with Crippen molar-refractivity contribution in [1.29, 1.82) is 0 Å². The van der Waals surface area contributed by atoms with Crippen molar-refractivity contribution in [1.82, 2.24) is 10.6 Å². The number of rotatable bonds is 4. The molecule has 0 radical (unpaired) electrons. The molecule has 0 unspecified atom stereocenters. The maximum Gasteiger partial charge on any atom is 0.00990 e. The SMILES string of the molecule is CC(C)(C)NCCC1CCC(NC(C)(C)C)CC1. The highest BCUT2D eigenvalue weighted by molar-refractivity contribution is 4.83. The molecule has 0 aliphatic heterocycles. The zero-order chi connectivity index (χ0) is 13.8. The summed E-state index contributed by atoms with van der Waals surface area (Å²) in [5.41, 5.74) is 0.538. The zero-order valence-corrected chi connectivity index (χ0v) is 13.4. The molecule has 0 aromatic heterocycles. The average molecular weight is 254 g/mol. The molecule has 0 saturated heterocycles. The number of hydrogen-bond acceptors (Lipinski definition) is 2. The van der Waals surface area contributed by atoms with Crippen LogP contribution < -0.4 is 10.6 Å². The Hall–Kier alpha value is -0.0800. The zero-order valence-electron chi connectivity index (χ0n) is 13.4. The standard InChI is InChI=1S/C16H34N2/c1-15(2,3)17-12-11-13-7-9-14(10-8-13)18-16(4,5)6/h13-14,17-18H,7-12H2,1-6H3. The minimum atomic E-state index is 0.269. The lowest BCUT2D eigenvalue weighted by Gasteiger charge is -2.34. The van der Waals surface area contributed by atoms with Gasteiger partial charge < -0.3 is 10.6 Å². The van der Waals surface area contributed by atoms with Crippen molar-refractivity contribution in [3.05, 3.63) is 0 Å². The molecular weight excluding hydrogens is 220 g/mol. The summed E-state index contributed by atoms with van der Waals surface area (Å²) in [6, 6.07) is 0.747. The summed E-state index contributed by atoms with van der Waals surface area (Å²) in [7, 11) is 0. The molecule has 2 N–H and O–H groups in total. The van der Waals surface area contributed by atoms with E-state index in [2.05, 4.69) is 52.2 Å². The van der Waals surface area contributed by atoms with Crippen LogP contribution in [0.25, 0.3) is 0 Å². The van der Waals surface area contributed by atoms with Crippen LogP contribution in [0, 0.1) is 5.92 Å². The first-order valence-electron chi connectivity index (χ1n) is 7.68. The Kier molecular flexibility index (Phi) is 5.67. The molecule has 1 saturated carbocycles. The molecule has 0 spiro atoms. The molecular formula is C16H34N2. The van der Waals surface area contributed by atoms with E-state index >= 15 is 0 Å². The minimum absolute atomic E-state index is 0.269. The summed E-state index contributed by atoms with van der Waals surface area (Å²) >= 11 is 0. The van der Waals surface area contributed by atoms with E-state index in [0.717, 1.165) is 12.0 Å². The van der Waals surface area contributed by atoms with Crippen LogP contribution >= 0.6 is 0 Å². The third-order valence-electron chi connectivity index (χ3n) is 3.69. The summed E-state index contributed by atoms with van der Waals surface area (Å²) in [5.74, 6) is 0.942. The van der Waals surface area contributed by atoms with E-state index in [1.54, 1.807) is 0 Å². The fourth-order valence-electron chi connectivity index (χ4n) is 2.86. The molecule has 1 aliphatic rings. The quantitative estimate of drug-likeness (QED) is 0.799. The second kappa shape index (κ2) is 6.38. The molecule has 0 amide bonds. The van der Waals surface area contributed by atoms with Gasteiger partial charge >= 0.3 is 0 Å². The smallest absolute Gasteiger partial charge is 0.00990 e. The molecule has 0 heterocycles. The van der Waals surface area contributed by atoms with Gasteiger partial charge in [0.1, 0.15) is 0 Å². The van der Waals surface area contributed by atoms with Crippen molar-refractivity contribution in [3.63, 3.8) is 0 Å². The van der Waals surface area contributed by atoms with Crippen molar-refractivity contribution < 1.29 is 0 Å². The van der Waals surface area contributed by atoms with E-state index in [1.807, 2.05) is 0 Å². The van der Waals surface area contributed by atoms with Crippen molar-refractivity contribution in [2.24, 2.45) is 5.92 Å². The first-order chi connectivity index (χ1) is 8.16. The molecule has 1 fully saturated rings. The summed E-state index contributed by atoms with van der Waals surface area (Å²) in [6.07, 6.45) is 6.87. The first kappa shape index (κ1) is 16.0. The van der Waals surface area contributed by atoms with Crippen molar-refractivity contribution >= 4 is 0 Å². The van der Waals surface area contributed by atoms with Gasteiger partial charge in [-0.05, 0) is 86.1 Å². The maximum absolute atomic E-state index is 3.74. The molecule has 1 aliphatic carbocycles. The van der Waals surface area contributed by atoms with Gasteiger partial charge in [-0.3, -0.25) is 0 Å². The minimum Gasteiger partial charge on any atom is -0.312 e. The fraction of sp³-hybridized carbons (Fsp3) is 1.00. The summed E-state index contributed by atoms with van der Waals surface area (Å²) in [4.78, 5) is 0. The van der Waals surface area contributed by atoms with E-state index in [-0.39, 0.29) is 11.1 Å². The average Bonchev–Trinajstić information content (AvgIpc) is 2.16. The summed E-state index contributed by atoms with van der Waals surface area (Å²) < 4.78 is 0. The Morgan fingerprint density at radius 2 is 1.39 bits per heavy atom. The number of nitrogens with one attached hydrogen (secondary N) is 2. The van der Waals surface area contributed by atoms with Crippen LogP contribution in [0.5, 0.6) is 0 Å². The maximum atomic E-state index is 3.74. The molecule has 0 aromatic rings. The fourth-order valence-corrected chi connectivity index (χ4v) is 2.86.